The monoisotopic (exact) mass is 285 g/mol. The molecule has 0 aliphatic rings. The van der Waals surface area contributed by atoms with Gasteiger partial charge < -0.3 is 5.73 Å². The van der Waals surface area contributed by atoms with Gasteiger partial charge in [0.2, 0.25) is 0 Å². The fourth-order valence-corrected chi connectivity index (χ4v) is 2.06. The van der Waals surface area contributed by atoms with Crippen LogP contribution in [-0.4, -0.2) is 20.2 Å². The number of nitrogen functional groups attached to an aromatic ring is 1. The number of tetrazole rings is 1. The van der Waals surface area contributed by atoms with Crippen LogP contribution in [0.15, 0.2) is 42.5 Å². The zero-order chi connectivity index (χ0) is 14.1. The minimum absolute atomic E-state index is 0.662. The van der Waals surface area contributed by atoms with Crippen molar-refractivity contribution in [2.24, 2.45) is 0 Å². The highest BCUT2D eigenvalue weighted by Crippen LogP contribution is 2.23. The van der Waals surface area contributed by atoms with Gasteiger partial charge >= 0.3 is 0 Å². The molecule has 0 atom stereocenters. The van der Waals surface area contributed by atoms with Crippen LogP contribution in [0, 0.1) is 6.92 Å². The predicted octanol–water partition coefficient (Wildman–Crippen LogP) is 2.87. The molecule has 6 heteroatoms. The Hall–Kier alpha value is -2.40. The molecule has 0 aliphatic carbocycles. The summed E-state index contributed by atoms with van der Waals surface area (Å²) in [5.74, 6) is 0.662. The maximum absolute atomic E-state index is 5.89. The number of hydrogen-bond donors (Lipinski definition) is 1. The Balaban J connectivity index is 2.10. The van der Waals surface area contributed by atoms with Gasteiger partial charge in [0.05, 0.1) is 5.69 Å². The van der Waals surface area contributed by atoms with Crippen LogP contribution < -0.4 is 5.73 Å². The van der Waals surface area contributed by atoms with E-state index in [0.29, 0.717) is 10.8 Å². The molecule has 5 nitrogen and oxygen atoms in total. The van der Waals surface area contributed by atoms with Crippen LogP contribution in [0.5, 0.6) is 0 Å². The van der Waals surface area contributed by atoms with Crippen LogP contribution in [0.4, 0.5) is 5.69 Å². The minimum Gasteiger partial charge on any atom is -0.399 e. The van der Waals surface area contributed by atoms with Gasteiger partial charge in [0.15, 0.2) is 5.82 Å². The van der Waals surface area contributed by atoms with Crippen LogP contribution in [0.3, 0.4) is 0 Å². The van der Waals surface area contributed by atoms with E-state index in [-0.39, 0.29) is 0 Å². The Labute approximate surface area is 121 Å². The van der Waals surface area contributed by atoms with Gasteiger partial charge in [-0.15, -0.1) is 5.10 Å². The largest absolute Gasteiger partial charge is 0.399 e. The minimum atomic E-state index is 0.662. The molecular weight excluding hydrogens is 274 g/mol. The lowest BCUT2D eigenvalue weighted by Crippen LogP contribution is -2.00. The number of aryl methyl sites for hydroxylation is 1. The fourth-order valence-electron chi connectivity index (χ4n) is 1.94. The summed E-state index contributed by atoms with van der Waals surface area (Å²) in [6, 6.07) is 13.1. The molecule has 0 bridgehead atoms. The van der Waals surface area contributed by atoms with Gasteiger partial charge in [0.25, 0.3) is 0 Å². The maximum atomic E-state index is 5.89. The zero-order valence-electron chi connectivity index (χ0n) is 10.8. The Morgan fingerprint density at radius 1 is 1.10 bits per heavy atom. The van der Waals surface area contributed by atoms with E-state index in [0.717, 1.165) is 22.5 Å². The molecule has 0 aliphatic heterocycles. The first-order valence-corrected chi connectivity index (χ1v) is 6.44. The SMILES string of the molecule is Cc1cc(-c2nnnn2-c2ccc(Cl)cc2)ccc1N. The number of nitrogens with zero attached hydrogens (tertiary/aromatic N) is 4. The summed E-state index contributed by atoms with van der Waals surface area (Å²) in [4.78, 5) is 0. The van der Waals surface area contributed by atoms with Gasteiger partial charge in [0, 0.05) is 16.3 Å². The van der Waals surface area contributed by atoms with E-state index in [2.05, 4.69) is 15.5 Å². The molecule has 20 heavy (non-hydrogen) atoms. The molecular formula is C14H12ClN5. The molecule has 0 fully saturated rings. The second-order valence-corrected chi connectivity index (χ2v) is 4.90. The van der Waals surface area contributed by atoms with E-state index in [1.165, 1.54) is 0 Å². The summed E-state index contributed by atoms with van der Waals surface area (Å²) in [6.07, 6.45) is 0. The highest BCUT2D eigenvalue weighted by Gasteiger charge is 2.11. The summed E-state index contributed by atoms with van der Waals surface area (Å²) < 4.78 is 1.67. The molecule has 0 radical (unpaired) electrons. The Bertz CT molecular complexity index is 749. The summed E-state index contributed by atoms with van der Waals surface area (Å²) in [5, 5.41) is 12.5. The third-order valence-corrected chi connectivity index (χ3v) is 3.32. The number of nitrogens with two attached hydrogens (primary N) is 1. The summed E-state index contributed by atoms with van der Waals surface area (Å²) in [5.41, 5.74) is 9.34. The van der Waals surface area contributed by atoms with Crippen molar-refractivity contribution in [1.29, 1.82) is 0 Å². The quantitative estimate of drug-likeness (QED) is 0.735. The van der Waals surface area contributed by atoms with Crippen LogP contribution in [0.1, 0.15) is 5.56 Å². The van der Waals surface area contributed by atoms with E-state index in [1.807, 2.05) is 37.3 Å². The standard InChI is InChI=1S/C14H12ClN5/c1-9-8-10(2-7-13(9)16)14-17-18-19-20(14)12-5-3-11(15)4-6-12/h2-8H,16H2,1H3. The highest BCUT2D eigenvalue weighted by molar-refractivity contribution is 6.30. The number of aromatic nitrogens is 4. The average molecular weight is 286 g/mol. The first-order chi connectivity index (χ1) is 9.65. The number of halogens is 1. The van der Waals surface area contributed by atoms with Crippen LogP contribution in [-0.2, 0) is 0 Å². The van der Waals surface area contributed by atoms with Gasteiger partial charge in [-0.25, -0.2) is 0 Å². The lowest BCUT2D eigenvalue weighted by molar-refractivity contribution is 0.791. The molecule has 0 amide bonds. The van der Waals surface area contributed by atoms with Crippen molar-refractivity contribution in [2.45, 2.75) is 6.92 Å². The fraction of sp³-hybridized carbons (Fsp3) is 0.0714. The lowest BCUT2D eigenvalue weighted by Gasteiger charge is -2.06. The van der Waals surface area contributed by atoms with Crippen molar-refractivity contribution in [3.05, 3.63) is 53.1 Å². The molecule has 100 valence electrons. The number of benzene rings is 2. The van der Waals surface area contributed by atoms with E-state index in [1.54, 1.807) is 16.8 Å². The van der Waals surface area contributed by atoms with Gasteiger partial charge in [-0.05, 0) is 65.4 Å². The van der Waals surface area contributed by atoms with Gasteiger partial charge in [-0.2, -0.15) is 4.68 Å². The van der Waals surface area contributed by atoms with E-state index >= 15 is 0 Å². The Morgan fingerprint density at radius 2 is 1.85 bits per heavy atom. The van der Waals surface area contributed by atoms with E-state index < -0.39 is 0 Å². The van der Waals surface area contributed by atoms with E-state index in [9.17, 15) is 0 Å². The molecule has 1 aromatic heterocycles. The van der Waals surface area contributed by atoms with Crippen LogP contribution in [0.25, 0.3) is 17.1 Å². The van der Waals surface area contributed by atoms with Crippen molar-refractivity contribution in [3.8, 4) is 17.1 Å². The highest BCUT2D eigenvalue weighted by atomic mass is 35.5. The third-order valence-electron chi connectivity index (χ3n) is 3.07. The second kappa shape index (κ2) is 4.94. The predicted molar refractivity (Wildman–Crippen MR) is 78.7 cm³/mol. The number of hydrogen-bond acceptors (Lipinski definition) is 4. The molecule has 1 heterocycles. The second-order valence-electron chi connectivity index (χ2n) is 4.46. The van der Waals surface area contributed by atoms with Crippen LogP contribution >= 0.6 is 11.6 Å². The van der Waals surface area contributed by atoms with Crippen LogP contribution in [0.2, 0.25) is 5.02 Å². The zero-order valence-corrected chi connectivity index (χ0v) is 11.5. The van der Waals surface area contributed by atoms with Crippen molar-refractivity contribution in [3.63, 3.8) is 0 Å². The first-order valence-electron chi connectivity index (χ1n) is 6.06. The molecule has 3 rings (SSSR count). The maximum Gasteiger partial charge on any atom is 0.187 e. The smallest absolute Gasteiger partial charge is 0.187 e. The lowest BCUT2D eigenvalue weighted by atomic mass is 10.1. The van der Waals surface area contributed by atoms with Gasteiger partial charge in [0.1, 0.15) is 0 Å². The number of anilines is 1. The van der Waals surface area contributed by atoms with Crippen molar-refractivity contribution >= 4 is 17.3 Å². The van der Waals surface area contributed by atoms with Crippen molar-refractivity contribution in [2.75, 3.05) is 5.73 Å². The Morgan fingerprint density at radius 3 is 2.55 bits per heavy atom. The molecule has 0 unspecified atom stereocenters. The number of rotatable bonds is 2. The van der Waals surface area contributed by atoms with Crippen molar-refractivity contribution in [1.82, 2.24) is 20.2 Å². The van der Waals surface area contributed by atoms with E-state index in [4.69, 9.17) is 17.3 Å². The average Bonchev–Trinajstić information content (AvgIpc) is 2.92. The van der Waals surface area contributed by atoms with Crippen molar-refractivity contribution < 1.29 is 0 Å². The first kappa shape index (κ1) is 12.6. The normalized spacial score (nSPS) is 10.7. The van der Waals surface area contributed by atoms with Gasteiger partial charge in [-0.3, -0.25) is 0 Å². The molecule has 2 aromatic carbocycles. The Kier molecular flexibility index (Phi) is 3.12. The molecule has 0 spiro atoms. The summed E-state index contributed by atoms with van der Waals surface area (Å²) >= 11 is 5.89. The third kappa shape index (κ3) is 2.23. The molecule has 3 aromatic rings. The molecule has 2 N–H and O–H groups in total. The topological polar surface area (TPSA) is 69.6 Å². The summed E-state index contributed by atoms with van der Waals surface area (Å²) in [7, 11) is 0. The molecule has 0 saturated carbocycles. The van der Waals surface area contributed by atoms with Gasteiger partial charge in [-0.1, -0.05) is 11.6 Å². The summed E-state index contributed by atoms with van der Waals surface area (Å²) in [6.45, 7) is 1.95. The molecule has 0 saturated heterocycles.